The van der Waals surface area contributed by atoms with E-state index < -0.39 is 0 Å². The van der Waals surface area contributed by atoms with Crippen LogP contribution in [-0.4, -0.2) is 23.9 Å². The zero-order valence-corrected chi connectivity index (χ0v) is 16.0. The van der Waals surface area contributed by atoms with Gasteiger partial charge in [0.1, 0.15) is 5.01 Å². The Bertz CT molecular complexity index is 918. The second kappa shape index (κ2) is 9.00. The molecule has 8 heteroatoms. The van der Waals surface area contributed by atoms with E-state index in [1.807, 2.05) is 37.4 Å². The van der Waals surface area contributed by atoms with E-state index in [1.54, 1.807) is 30.5 Å². The number of anilines is 1. The SMILES string of the molecule is CN=C(NCc1cccc(NC(=O)c2ccco2)c1)NCc1ncc(C)s1. The van der Waals surface area contributed by atoms with Crippen molar-refractivity contribution in [1.82, 2.24) is 15.6 Å². The summed E-state index contributed by atoms with van der Waals surface area (Å²) in [5.41, 5.74) is 1.72. The highest BCUT2D eigenvalue weighted by atomic mass is 32.1. The Morgan fingerprint density at radius 3 is 2.78 bits per heavy atom. The summed E-state index contributed by atoms with van der Waals surface area (Å²) in [6.07, 6.45) is 3.33. The van der Waals surface area contributed by atoms with Crippen LogP contribution in [0, 0.1) is 6.92 Å². The average molecular weight is 383 g/mol. The maximum atomic E-state index is 12.1. The number of hydrogen-bond donors (Lipinski definition) is 3. The van der Waals surface area contributed by atoms with Gasteiger partial charge in [0.05, 0.1) is 12.8 Å². The van der Waals surface area contributed by atoms with E-state index >= 15 is 0 Å². The number of nitrogens with one attached hydrogen (secondary N) is 3. The smallest absolute Gasteiger partial charge is 0.291 e. The molecule has 0 aliphatic heterocycles. The van der Waals surface area contributed by atoms with Gasteiger partial charge in [-0.2, -0.15) is 0 Å². The summed E-state index contributed by atoms with van der Waals surface area (Å²) in [4.78, 5) is 21.8. The number of aryl methyl sites for hydroxylation is 1. The van der Waals surface area contributed by atoms with Crippen molar-refractivity contribution < 1.29 is 9.21 Å². The first-order valence-corrected chi connectivity index (χ1v) is 9.25. The largest absolute Gasteiger partial charge is 0.459 e. The molecule has 0 radical (unpaired) electrons. The highest BCUT2D eigenvalue weighted by molar-refractivity contribution is 7.11. The number of thiazole rings is 1. The van der Waals surface area contributed by atoms with Gasteiger partial charge in [-0.15, -0.1) is 11.3 Å². The van der Waals surface area contributed by atoms with E-state index in [1.165, 1.54) is 11.1 Å². The number of carbonyl (C=O) groups is 1. The Morgan fingerprint density at radius 2 is 2.07 bits per heavy atom. The first-order chi connectivity index (χ1) is 13.1. The van der Waals surface area contributed by atoms with Crippen molar-refractivity contribution in [1.29, 1.82) is 0 Å². The average Bonchev–Trinajstić information content (AvgIpc) is 3.34. The molecule has 140 valence electrons. The van der Waals surface area contributed by atoms with Crippen LogP contribution in [0.4, 0.5) is 5.69 Å². The maximum Gasteiger partial charge on any atom is 0.291 e. The number of carbonyl (C=O) groups excluding carboxylic acids is 1. The fourth-order valence-electron chi connectivity index (χ4n) is 2.41. The fourth-order valence-corrected chi connectivity index (χ4v) is 3.14. The molecule has 1 amide bonds. The molecule has 0 bridgehead atoms. The lowest BCUT2D eigenvalue weighted by Crippen LogP contribution is -2.36. The third-order valence-electron chi connectivity index (χ3n) is 3.69. The molecule has 2 aromatic heterocycles. The quantitative estimate of drug-likeness (QED) is 0.449. The number of guanidine groups is 1. The number of furan rings is 1. The van der Waals surface area contributed by atoms with Crippen LogP contribution in [0.2, 0.25) is 0 Å². The number of rotatable bonds is 6. The summed E-state index contributed by atoms with van der Waals surface area (Å²) >= 11 is 1.66. The van der Waals surface area contributed by atoms with Gasteiger partial charge < -0.3 is 20.4 Å². The van der Waals surface area contributed by atoms with Crippen molar-refractivity contribution in [3.05, 3.63) is 70.1 Å². The van der Waals surface area contributed by atoms with E-state index in [2.05, 4.69) is 25.9 Å². The Balaban J connectivity index is 1.53. The van der Waals surface area contributed by atoms with Gasteiger partial charge in [-0.25, -0.2) is 4.98 Å². The molecule has 2 heterocycles. The van der Waals surface area contributed by atoms with Crippen molar-refractivity contribution in [3.63, 3.8) is 0 Å². The van der Waals surface area contributed by atoms with E-state index in [9.17, 15) is 4.79 Å². The molecular weight excluding hydrogens is 362 g/mol. The standard InChI is InChI=1S/C19H21N5O2S/c1-13-10-21-17(27-13)12-23-19(20-2)22-11-14-5-3-6-15(9-14)24-18(25)16-7-4-8-26-16/h3-10H,11-12H2,1-2H3,(H,24,25)(H2,20,22,23). The van der Waals surface area contributed by atoms with Crippen LogP contribution in [0.5, 0.6) is 0 Å². The third kappa shape index (κ3) is 5.42. The number of amides is 1. The minimum Gasteiger partial charge on any atom is -0.459 e. The van der Waals surface area contributed by atoms with Crippen LogP contribution in [0.1, 0.15) is 26.0 Å². The highest BCUT2D eigenvalue weighted by Gasteiger charge is 2.09. The molecule has 0 atom stereocenters. The normalized spacial score (nSPS) is 11.3. The predicted molar refractivity (Wildman–Crippen MR) is 107 cm³/mol. The van der Waals surface area contributed by atoms with E-state index in [0.29, 0.717) is 24.7 Å². The van der Waals surface area contributed by atoms with Crippen LogP contribution in [0.15, 0.2) is 58.3 Å². The lowest BCUT2D eigenvalue weighted by atomic mass is 10.2. The van der Waals surface area contributed by atoms with Gasteiger partial charge in [0.25, 0.3) is 5.91 Å². The summed E-state index contributed by atoms with van der Waals surface area (Å²) in [7, 11) is 1.72. The minimum absolute atomic E-state index is 0.277. The van der Waals surface area contributed by atoms with Crippen molar-refractivity contribution in [2.75, 3.05) is 12.4 Å². The summed E-state index contributed by atoms with van der Waals surface area (Å²) in [5, 5.41) is 10.3. The molecule has 0 saturated carbocycles. The fraction of sp³-hybridized carbons (Fsp3) is 0.211. The van der Waals surface area contributed by atoms with Gasteiger partial charge in [0, 0.05) is 30.4 Å². The molecule has 0 saturated heterocycles. The summed E-state index contributed by atoms with van der Waals surface area (Å²) in [5.74, 6) is 0.690. The highest BCUT2D eigenvalue weighted by Crippen LogP contribution is 2.13. The zero-order chi connectivity index (χ0) is 19.1. The lowest BCUT2D eigenvalue weighted by Gasteiger charge is -2.12. The summed E-state index contributed by atoms with van der Waals surface area (Å²) < 4.78 is 5.10. The molecule has 3 rings (SSSR count). The van der Waals surface area contributed by atoms with Crippen LogP contribution >= 0.6 is 11.3 Å². The number of hydrogen-bond acceptors (Lipinski definition) is 5. The van der Waals surface area contributed by atoms with Crippen LogP contribution < -0.4 is 16.0 Å². The first-order valence-electron chi connectivity index (χ1n) is 8.43. The van der Waals surface area contributed by atoms with Gasteiger partial charge in [0.2, 0.25) is 0 Å². The number of nitrogens with zero attached hydrogens (tertiary/aromatic N) is 2. The van der Waals surface area contributed by atoms with Crippen molar-refractivity contribution in [3.8, 4) is 0 Å². The third-order valence-corrected chi connectivity index (χ3v) is 4.60. The number of aromatic nitrogens is 1. The second-order valence-electron chi connectivity index (χ2n) is 5.78. The van der Waals surface area contributed by atoms with Crippen LogP contribution in [-0.2, 0) is 13.1 Å². The van der Waals surface area contributed by atoms with Gasteiger partial charge >= 0.3 is 0 Å². The molecule has 3 aromatic rings. The number of benzene rings is 1. The van der Waals surface area contributed by atoms with Gasteiger partial charge in [0.15, 0.2) is 11.7 Å². The zero-order valence-electron chi connectivity index (χ0n) is 15.2. The van der Waals surface area contributed by atoms with Crippen molar-refractivity contribution in [2.24, 2.45) is 4.99 Å². The number of aliphatic imine (C=N–C) groups is 1. The molecule has 0 unspecified atom stereocenters. The van der Waals surface area contributed by atoms with Crippen molar-refractivity contribution in [2.45, 2.75) is 20.0 Å². The molecular formula is C19H21N5O2S. The Labute approximate surface area is 161 Å². The molecule has 7 nitrogen and oxygen atoms in total. The topological polar surface area (TPSA) is 91.5 Å². The minimum atomic E-state index is -0.277. The molecule has 0 spiro atoms. The van der Waals surface area contributed by atoms with Gasteiger partial charge in [-0.3, -0.25) is 9.79 Å². The summed E-state index contributed by atoms with van der Waals surface area (Å²) in [6, 6.07) is 10.9. The predicted octanol–water partition coefficient (Wildman–Crippen LogP) is 3.16. The monoisotopic (exact) mass is 383 g/mol. The Kier molecular flexibility index (Phi) is 6.22. The van der Waals surface area contributed by atoms with Crippen molar-refractivity contribution >= 4 is 28.9 Å². The first kappa shape index (κ1) is 18.7. The van der Waals surface area contributed by atoms with E-state index in [4.69, 9.17) is 4.42 Å². The molecule has 0 aliphatic carbocycles. The maximum absolute atomic E-state index is 12.1. The molecule has 27 heavy (non-hydrogen) atoms. The van der Waals surface area contributed by atoms with E-state index in [-0.39, 0.29) is 11.7 Å². The van der Waals surface area contributed by atoms with Gasteiger partial charge in [-0.1, -0.05) is 12.1 Å². The second-order valence-corrected chi connectivity index (χ2v) is 7.10. The summed E-state index contributed by atoms with van der Waals surface area (Å²) in [6.45, 7) is 3.23. The van der Waals surface area contributed by atoms with Crippen LogP contribution in [0.3, 0.4) is 0 Å². The van der Waals surface area contributed by atoms with Crippen LogP contribution in [0.25, 0.3) is 0 Å². The lowest BCUT2D eigenvalue weighted by molar-refractivity contribution is 0.0996. The van der Waals surface area contributed by atoms with Gasteiger partial charge in [-0.05, 0) is 36.8 Å². The molecule has 1 aromatic carbocycles. The van der Waals surface area contributed by atoms with E-state index in [0.717, 1.165) is 10.6 Å². The Morgan fingerprint density at radius 1 is 1.22 bits per heavy atom. The molecule has 0 fully saturated rings. The Hall–Kier alpha value is -3.13. The molecule has 3 N–H and O–H groups in total. The molecule has 0 aliphatic rings.